The highest BCUT2D eigenvalue weighted by atomic mass is 32.2. The van der Waals surface area contributed by atoms with Crippen LogP contribution in [0.1, 0.15) is 25.0 Å². The molecule has 4 rings (SSSR count). The molecule has 0 atom stereocenters. The number of aromatic nitrogens is 1. The number of nitrogens with zero attached hydrogens (tertiary/aromatic N) is 2. The molecule has 1 amide bonds. The van der Waals surface area contributed by atoms with Crippen molar-refractivity contribution in [1.29, 1.82) is 0 Å². The summed E-state index contributed by atoms with van der Waals surface area (Å²) in [5.74, 6) is 0.123. The molecule has 0 unspecified atom stereocenters. The van der Waals surface area contributed by atoms with Crippen molar-refractivity contribution in [2.45, 2.75) is 30.6 Å². The SMILES string of the molecule is COc1ccc(S(=O)(=O)N2CCCCC2)cc1NC(=O)Cc1csc(-c2cccs2)n1. The molecule has 2 aromatic heterocycles. The number of piperidine rings is 1. The Morgan fingerprint density at radius 2 is 2.00 bits per heavy atom. The molecule has 1 aliphatic heterocycles. The van der Waals surface area contributed by atoms with Crippen molar-refractivity contribution in [3.63, 3.8) is 0 Å². The third-order valence-electron chi connectivity index (χ3n) is 5.02. The molecule has 1 aliphatic rings. The van der Waals surface area contributed by atoms with Crippen molar-refractivity contribution in [3.05, 3.63) is 46.8 Å². The van der Waals surface area contributed by atoms with Gasteiger partial charge in [0.2, 0.25) is 15.9 Å². The van der Waals surface area contributed by atoms with Crippen LogP contribution >= 0.6 is 22.7 Å². The zero-order chi connectivity index (χ0) is 21.8. The molecular weight excluding hydrogens is 454 g/mol. The van der Waals surface area contributed by atoms with E-state index in [-0.39, 0.29) is 17.2 Å². The standard InChI is InChI=1S/C21H23N3O4S3/c1-28-18-8-7-16(31(26,27)24-9-3-2-4-10-24)13-17(18)23-20(25)12-15-14-30-21(22-15)19-6-5-11-29-19/h5-8,11,13-14H,2-4,9-10,12H2,1H3,(H,23,25). The first-order valence-corrected chi connectivity index (χ1v) is 13.1. The molecule has 0 aliphatic carbocycles. The van der Waals surface area contributed by atoms with Gasteiger partial charge in [-0.2, -0.15) is 4.31 Å². The molecule has 10 heteroatoms. The van der Waals surface area contributed by atoms with E-state index >= 15 is 0 Å². The van der Waals surface area contributed by atoms with Gasteiger partial charge in [0.05, 0.1) is 34.7 Å². The van der Waals surface area contributed by atoms with E-state index in [2.05, 4.69) is 10.3 Å². The fraction of sp³-hybridized carbons (Fsp3) is 0.333. The number of carbonyl (C=O) groups excluding carboxylic acids is 1. The van der Waals surface area contributed by atoms with Crippen LogP contribution in [0, 0.1) is 0 Å². The van der Waals surface area contributed by atoms with Crippen LogP contribution in [0.5, 0.6) is 5.75 Å². The second kappa shape index (κ2) is 9.47. The molecule has 1 N–H and O–H groups in total. The zero-order valence-corrected chi connectivity index (χ0v) is 19.5. The van der Waals surface area contributed by atoms with Crippen molar-refractivity contribution in [3.8, 4) is 15.6 Å². The molecule has 0 saturated carbocycles. The number of ether oxygens (including phenoxy) is 1. The quantitative estimate of drug-likeness (QED) is 0.550. The predicted octanol–water partition coefficient (Wildman–Crippen LogP) is 4.24. The monoisotopic (exact) mass is 477 g/mol. The fourth-order valence-corrected chi connectivity index (χ4v) is 6.64. The van der Waals surface area contributed by atoms with Crippen LogP contribution in [-0.2, 0) is 21.2 Å². The first kappa shape index (κ1) is 21.9. The molecule has 3 aromatic rings. The van der Waals surface area contributed by atoms with Gasteiger partial charge in [-0.05, 0) is 42.5 Å². The number of benzene rings is 1. The number of hydrogen-bond acceptors (Lipinski definition) is 7. The lowest BCUT2D eigenvalue weighted by Gasteiger charge is -2.26. The molecule has 0 bridgehead atoms. The largest absolute Gasteiger partial charge is 0.495 e. The number of thiophene rings is 1. The van der Waals surface area contributed by atoms with Gasteiger partial charge in [0.15, 0.2) is 0 Å². The highest BCUT2D eigenvalue weighted by molar-refractivity contribution is 7.89. The van der Waals surface area contributed by atoms with E-state index in [9.17, 15) is 13.2 Å². The lowest BCUT2D eigenvalue weighted by molar-refractivity contribution is -0.115. The Labute approximate surface area is 189 Å². The number of rotatable bonds is 7. The predicted molar refractivity (Wildman–Crippen MR) is 123 cm³/mol. The van der Waals surface area contributed by atoms with Crippen molar-refractivity contribution >= 4 is 44.3 Å². The topological polar surface area (TPSA) is 88.6 Å². The van der Waals surface area contributed by atoms with Crippen molar-refractivity contribution in [2.24, 2.45) is 0 Å². The van der Waals surface area contributed by atoms with Gasteiger partial charge in [0, 0.05) is 18.5 Å². The molecule has 1 saturated heterocycles. The summed E-state index contributed by atoms with van der Waals surface area (Å²) < 4.78 is 32.8. The number of hydrogen-bond donors (Lipinski definition) is 1. The third kappa shape index (κ3) is 4.98. The Bertz CT molecular complexity index is 1150. The second-order valence-corrected chi connectivity index (χ2v) is 10.9. The number of amides is 1. The van der Waals surface area contributed by atoms with E-state index in [1.807, 2.05) is 22.9 Å². The Morgan fingerprint density at radius 3 is 2.71 bits per heavy atom. The number of methoxy groups -OCH3 is 1. The van der Waals surface area contributed by atoms with Crippen LogP contribution in [0.2, 0.25) is 0 Å². The smallest absolute Gasteiger partial charge is 0.243 e. The summed E-state index contributed by atoms with van der Waals surface area (Å²) in [5.41, 5.74) is 1.00. The Hall–Kier alpha value is -2.27. The number of anilines is 1. The molecule has 0 spiro atoms. The lowest BCUT2D eigenvalue weighted by Crippen LogP contribution is -2.35. The van der Waals surface area contributed by atoms with Gasteiger partial charge in [-0.25, -0.2) is 13.4 Å². The van der Waals surface area contributed by atoms with Gasteiger partial charge in [0.1, 0.15) is 10.8 Å². The third-order valence-corrected chi connectivity index (χ3v) is 8.85. The van der Waals surface area contributed by atoms with Gasteiger partial charge < -0.3 is 10.1 Å². The van der Waals surface area contributed by atoms with Crippen LogP contribution in [0.15, 0.2) is 46.0 Å². The van der Waals surface area contributed by atoms with Crippen LogP contribution in [0.3, 0.4) is 0 Å². The fourth-order valence-electron chi connectivity index (χ4n) is 3.46. The van der Waals surface area contributed by atoms with Gasteiger partial charge >= 0.3 is 0 Å². The van der Waals surface area contributed by atoms with Gasteiger partial charge in [0.25, 0.3) is 0 Å². The highest BCUT2D eigenvalue weighted by Crippen LogP contribution is 2.31. The molecule has 164 valence electrons. The van der Waals surface area contributed by atoms with Crippen molar-refractivity contribution < 1.29 is 17.9 Å². The molecular formula is C21H23N3O4S3. The van der Waals surface area contributed by atoms with E-state index in [1.165, 1.54) is 34.9 Å². The summed E-state index contributed by atoms with van der Waals surface area (Å²) in [6.45, 7) is 1.04. The summed E-state index contributed by atoms with van der Waals surface area (Å²) in [4.78, 5) is 18.4. The Balaban J connectivity index is 1.50. The van der Waals surface area contributed by atoms with Crippen molar-refractivity contribution in [1.82, 2.24) is 9.29 Å². The normalized spacial score (nSPS) is 15.0. The summed E-state index contributed by atoms with van der Waals surface area (Å²) in [6, 6.07) is 8.52. The van der Waals surface area contributed by atoms with E-state index in [4.69, 9.17) is 4.74 Å². The average molecular weight is 478 g/mol. The first-order chi connectivity index (χ1) is 15.0. The maximum atomic E-state index is 13.0. The van der Waals surface area contributed by atoms with E-state index in [0.29, 0.717) is 30.2 Å². The minimum atomic E-state index is -3.61. The van der Waals surface area contributed by atoms with Gasteiger partial charge in [-0.1, -0.05) is 12.5 Å². The average Bonchev–Trinajstić information content (AvgIpc) is 3.46. The number of carbonyl (C=O) groups is 1. The maximum absolute atomic E-state index is 13.0. The zero-order valence-electron chi connectivity index (χ0n) is 17.0. The second-order valence-electron chi connectivity index (χ2n) is 7.17. The number of sulfonamides is 1. The number of nitrogens with one attached hydrogen (secondary N) is 1. The summed E-state index contributed by atoms with van der Waals surface area (Å²) in [7, 11) is -2.13. The number of thiazole rings is 1. The minimum absolute atomic E-state index is 0.0914. The van der Waals surface area contributed by atoms with Crippen molar-refractivity contribution in [2.75, 3.05) is 25.5 Å². The molecule has 31 heavy (non-hydrogen) atoms. The first-order valence-electron chi connectivity index (χ1n) is 9.94. The lowest BCUT2D eigenvalue weighted by atomic mass is 10.2. The van der Waals surface area contributed by atoms with Crippen LogP contribution < -0.4 is 10.1 Å². The van der Waals surface area contributed by atoms with E-state index in [0.717, 1.165) is 29.1 Å². The molecule has 1 aromatic carbocycles. The molecule has 1 fully saturated rings. The van der Waals surface area contributed by atoms with Crippen LogP contribution in [0.25, 0.3) is 9.88 Å². The highest BCUT2D eigenvalue weighted by Gasteiger charge is 2.27. The van der Waals surface area contributed by atoms with Gasteiger partial charge in [-0.3, -0.25) is 4.79 Å². The molecule has 0 radical (unpaired) electrons. The van der Waals surface area contributed by atoms with E-state index in [1.54, 1.807) is 17.4 Å². The van der Waals surface area contributed by atoms with E-state index < -0.39 is 10.0 Å². The van der Waals surface area contributed by atoms with Crippen LogP contribution in [0.4, 0.5) is 5.69 Å². The summed E-state index contributed by atoms with van der Waals surface area (Å²) in [6.07, 6.45) is 2.86. The summed E-state index contributed by atoms with van der Waals surface area (Å²) in [5, 5.41) is 7.52. The summed E-state index contributed by atoms with van der Waals surface area (Å²) >= 11 is 3.10. The van der Waals surface area contributed by atoms with Crippen LogP contribution in [-0.4, -0.2) is 43.8 Å². The minimum Gasteiger partial charge on any atom is -0.495 e. The molecule has 3 heterocycles. The Morgan fingerprint density at radius 1 is 1.19 bits per heavy atom. The molecule has 7 nitrogen and oxygen atoms in total. The maximum Gasteiger partial charge on any atom is 0.243 e. The Kier molecular flexibility index (Phi) is 6.71. The van der Waals surface area contributed by atoms with Gasteiger partial charge in [-0.15, -0.1) is 22.7 Å².